The molecule has 1 amide bonds. The molecule has 1 saturated carbocycles. The molecule has 0 bridgehead atoms. The van der Waals surface area contributed by atoms with Gasteiger partial charge in [0.25, 0.3) is 0 Å². The van der Waals surface area contributed by atoms with E-state index in [1.54, 1.807) is 6.92 Å². The lowest BCUT2D eigenvalue weighted by Gasteiger charge is -2.18. The second kappa shape index (κ2) is 3.60. The van der Waals surface area contributed by atoms with Crippen LogP contribution in [-0.2, 0) is 4.79 Å². The second-order valence-corrected chi connectivity index (χ2v) is 5.03. The molecule has 1 saturated heterocycles. The molecule has 2 heterocycles. The van der Waals surface area contributed by atoms with Crippen molar-refractivity contribution in [1.29, 1.82) is 0 Å². The Morgan fingerprint density at radius 3 is 2.83 bits per heavy atom. The Morgan fingerprint density at radius 1 is 1.56 bits per heavy atom. The van der Waals surface area contributed by atoms with E-state index in [1.165, 1.54) is 17.9 Å². The van der Waals surface area contributed by atoms with Gasteiger partial charge in [0.05, 0.1) is 5.69 Å². The maximum atomic E-state index is 13.9. The summed E-state index contributed by atoms with van der Waals surface area (Å²) in [4.78, 5) is 28.7. The molecule has 2 fully saturated rings. The van der Waals surface area contributed by atoms with Crippen LogP contribution in [-0.4, -0.2) is 23.2 Å². The lowest BCUT2D eigenvalue weighted by atomic mass is 10.1. The van der Waals surface area contributed by atoms with E-state index in [1.807, 2.05) is 0 Å². The van der Waals surface area contributed by atoms with Gasteiger partial charge in [0, 0.05) is 18.0 Å². The highest BCUT2D eigenvalue weighted by molar-refractivity contribution is 6.00. The van der Waals surface area contributed by atoms with E-state index in [0.29, 0.717) is 18.2 Å². The summed E-state index contributed by atoms with van der Waals surface area (Å²) in [5.41, 5.74) is 0.736. The Balaban J connectivity index is 2.00. The highest BCUT2D eigenvalue weighted by atomic mass is 19.1. The summed E-state index contributed by atoms with van der Waals surface area (Å²) in [5.74, 6) is -0.358. The Hall–Kier alpha value is -1.78. The van der Waals surface area contributed by atoms with Crippen molar-refractivity contribution in [3.63, 3.8) is 0 Å². The average Bonchev–Trinajstić information content (AvgIpc) is 3.01. The first-order chi connectivity index (χ1) is 8.49. The molecule has 1 aliphatic heterocycles. The largest absolute Gasteiger partial charge is 0.294 e. The van der Waals surface area contributed by atoms with Crippen LogP contribution < -0.4 is 4.90 Å². The van der Waals surface area contributed by atoms with Gasteiger partial charge in [0.1, 0.15) is 0 Å². The maximum Gasteiger partial charge on any atom is 0.231 e. The minimum atomic E-state index is -0.597. The predicted octanol–water partition coefficient (Wildman–Crippen LogP) is 1.71. The van der Waals surface area contributed by atoms with Crippen molar-refractivity contribution in [2.24, 2.45) is 11.8 Å². The van der Waals surface area contributed by atoms with Crippen molar-refractivity contribution in [1.82, 2.24) is 4.98 Å². The van der Waals surface area contributed by atoms with Gasteiger partial charge in [0.15, 0.2) is 17.4 Å². The quantitative estimate of drug-likeness (QED) is 0.749. The van der Waals surface area contributed by atoms with Gasteiger partial charge in [-0.1, -0.05) is 0 Å². The first-order valence-corrected chi connectivity index (χ1v) is 5.98. The second-order valence-electron chi connectivity index (χ2n) is 5.03. The van der Waals surface area contributed by atoms with Crippen LogP contribution in [0.1, 0.15) is 29.4 Å². The van der Waals surface area contributed by atoms with Crippen molar-refractivity contribution < 1.29 is 14.0 Å². The van der Waals surface area contributed by atoms with E-state index < -0.39 is 5.82 Å². The molecule has 2 atom stereocenters. The van der Waals surface area contributed by atoms with Crippen LogP contribution in [0, 0.1) is 24.6 Å². The maximum absolute atomic E-state index is 13.9. The fraction of sp³-hybridized carbons (Fsp3) is 0.462. The minimum Gasteiger partial charge on any atom is -0.294 e. The number of carbonyl (C=O) groups excluding carboxylic acids is 2. The van der Waals surface area contributed by atoms with E-state index in [2.05, 4.69) is 4.98 Å². The number of anilines is 1. The fourth-order valence-electron chi connectivity index (χ4n) is 2.58. The number of rotatable bonds is 2. The molecule has 18 heavy (non-hydrogen) atoms. The average molecular weight is 248 g/mol. The normalized spacial score (nSPS) is 25.3. The highest BCUT2D eigenvalue weighted by Gasteiger charge is 2.53. The lowest BCUT2D eigenvalue weighted by Crippen LogP contribution is -2.30. The van der Waals surface area contributed by atoms with Crippen LogP contribution in [0.2, 0.25) is 0 Å². The standard InChI is InChI=1S/C13H13FN2O2/c1-6-9(7(2)17)4-11(14)12(15-6)16-5-8-3-10(8)13(16)18/h4,8,10H,3,5H2,1-2H3/t8-,10-/m1/s1. The SMILES string of the molecule is CC(=O)c1cc(F)c(N2C[C@H]3C[C@H]3C2=O)nc1C. The summed E-state index contributed by atoms with van der Waals surface area (Å²) in [7, 11) is 0. The number of nitrogens with zero attached hydrogens (tertiary/aromatic N) is 2. The number of ketones is 1. The summed E-state index contributed by atoms with van der Waals surface area (Å²) in [6.45, 7) is 3.58. The van der Waals surface area contributed by atoms with Gasteiger partial charge in [-0.2, -0.15) is 0 Å². The number of pyridine rings is 1. The van der Waals surface area contributed by atoms with E-state index in [-0.39, 0.29) is 29.0 Å². The van der Waals surface area contributed by atoms with E-state index >= 15 is 0 Å². The Kier molecular flexibility index (Phi) is 2.27. The van der Waals surface area contributed by atoms with Gasteiger partial charge in [-0.05, 0) is 32.3 Å². The molecular formula is C13H13FN2O2. The number of aromatic nitrogens is 1. The Labute approximate surface area is 104 Å². The summed E-state index contributed by atoms with van der Waals surface area (Å²) >= 11 is 0. The number of Topliss-reactive ketones (excluding diaryl/α,β-unsaturated/α-hetero) is 1. The summed E-state index contributed by atoms with van der Waals surface area (Å²) in [6.07, 6.45) is 0.918. The minimum absolute atomic E-state index is 0.0404. The van der Waals surface area contributed by atoms with Crippen molar-refractivity contribution in [2.45, 2.75) is 20.3 Å². The Morgan fingerprint density at radius 2 is 2.28 bits per heavy atom. The van der Waals surface area contributed by atoms with Gasteiger partial charge < -0.3 is 0 Å². The first-order valence-electron chi connectivity index (χ1n) is 5.98. The predicted molar refractivity (Wildman–Crippen MR) is 62.9 cm³/mol. The van der Waals surface area contributed by atoms with Crippen LogP contribution in [0.4, 0.5) is 10.2 Å². The molecule has 0 spiro atoms. The molecule has 4 nitrogen and oxygen atoms in total. The van der Waals surface area contributed by atoms with Crippen LogP contribution in [0.5, 0.6) is 0 Å². The molecular weight excluding hydrogens is 235 g/mol. The van der Waals surface area contributed by atoms with E-state index in [4.69, 9.17) is 0 Å². The molecule has 0 aromatic carbocycles. The lowest BCUT2D eigenvalue weighted by molar-refractivity contribution is -0.118. The number of fused-ring (bicyclic) bond motifs is 1. The molecule has 2 aliphatic rings. The van der Waals surface area contributed by atoms with Crippen LogP contribution in [0.3, 0.4) is 0 Å². The molecule has 1 aliphatic carbocycles. The van der Waals surface area contributed by atoms with Crippen LogP contribution >= 0.6 is 0 Å². The van der Waals surface area contributed by atoms with Crippen LogP contribution in [0.15, 0.2) is 6.07 Å². The van der Waals surface area contributed by atoms with Crippen LogP contribution in [0.25, 0.3) is 0 Å². The summed E-state index contributed by atoms with van der Waals surface area (Å²) in [5, 5.41) is 0. The molecule has 1 aromatic rings. The number of piperidine rings is 1. The zero-order valence-electron chi connectivity index (χ0n) is 10.2. The molecule has 0 N–H and O–H groups in total. The van der Waals surface area contributed by atoms with Crippen molar-refractivity contribution in [3.8, 4) is 0 Å². The molecule has 3 rings (SSSR count). The first kappa shape index (κ1) is 11.3. The zero-order chi connectivity index (χ0) is 13.0. The molecule has 0 radical (unpaired) electrons. The number of amides is 1. The highest BCUT2D eigenvalue weighted by Crippen LogP contribution is 2.47. The molecule has 1 aromatic heterocycles. The Bertz CT molecular complexity index is 570. The smallest absolute Gasteiger partial charge is 0.231 e. The zero-order valence-corrected chi connectivity index (χ0v) is 10.2. The van der Waals surface area contributed by atoms with Gasteiger partial charge >= 0.3 is 0 Å². The van der Waals surface area contributed by atoms with E-state index in [9.17, 15) is 14.0 Å². The number of carbonyl (C=O) groups is 2. The third-order valence-electron chi connectivity index (χ3n) is 3.71. The van der Waals surface area contributed by atoms with Crippen molar-refractivity contribution in [3.05, 3.63) is 23.1 Å². The molecule has 5 heteroatoms. The molecule has 0 unspecified atom stereocenters. The third-order valence-corrected chi connectivity index (χ3v) is 3.71. The number of halogens is 1. The summed E-state index contributed by atoms with van der Waals surface area (Å²) < 4.78 is 13.9. The monoisotopic (exact) mass is 248 g/mol. The number of aryl methyl sites for hydroxylation is 1. The van der Waals surface area contributed by atoms with E-state index in [0.717, 1.165) is 6.42 Å². The third kappa shape index (κ3) is 1.54. The van der Waals surface area contributed by atoms with Gasteiger partial charge in [-0.3, -0.25) is 14.5 Å². The van der Waals surface area contributed by atoms with Crippen molar-refractivity contribution in [2.75, 3.05) is 11.4 Å². The number of hydrogen-bond acceptors (Lipinski definition) is 3. The van der Waals surface area contributed by atoms with Gasteiger partial charge in [-0.15, -0.1) is 0 Å². The summed E-state index contributed by atoms with van der Waals surface area (Å²) in [6, 6.07) is 1.18. The van der Waals surface area contributed by atoms with Gasteiger partial charge in [-0.25, -0.2) is 9.37 Å². The fourth-order valence-corrected chi connectivity index (χ4v) is 2.58. The number of hydrogen-bond donors (Lipinski definition) is 0. The van der Waals surface area contributed by atoms with Gasteiger partial charge in [0.2, 0.25) is 5.91 Å². The molecule has 94 valence electrons. The topological polar surface area (TPSA) is 50.3 Å². The van der Waals surface area contributed by atoms with Crippen molar-refractivity contribution >= 4 is 17.5 Å².